The van der Waals surface area contributed by atoms with E-state index in [1.165, 1.54) is 22.3 Å². The van der Waals surface area contributed by atoms with Gasteiger partial charge in [0, 0.05) is 9.50 Å². The van der Waals surface area contributed by atoms with Gasteiger partial charge in [-0.25, -0.2) is 0 Å². The van der Waals surface area contributed by atoms with Crippen LogP contribution in [0.25, 0.3) is 0 Å². The number of aryl methyl sites for hydroxylation is 2. The zero-order valence-electron chi connectivity index (χ0n) is 12.7. The van der Waals surface area contributed by atoms with E-state index in [1.54, 1.807) is 0 Å². The summed E-state index contributed by atoms with van der Waals surface area (Å²) >= 11 is 9.84. The highest BCUT2D eigenvalue weighted by Gasteiger charge is 2.18. The molecule has 0 aliphatic heterocycles. The van der Waals surface area contributed by atoms with Gasteiger partial charge < -0.3 is 5.32 Å². The van der Waals surface area contributed by atoms with Crippen molar-refractivity contribution in [2.45, 2.75) is 32.7 Å². The largest absolute Gasteiger partial charge is 0.309 e. The third kappa shape index (κ3) is 3.68. The summed E-state index contributed by atoms with van der Waals surface area (Å²) in [5.74, 6) is 0. The van der Waals surface area contributed by atoms with Crippen molar-refractivity contribution in [2.24, 2.45) is 0 Å². The average Bonchev–Trinajstić information content (AvgIpc) is 2.51. The second-order valence-electron chi connectivity index (χ2n) is 5.13. The lowest BCUT2D eigenvalue weighted by atomic mass is 9.91. The van der Waals surface area contributed by atoms with E-state index in [0.29, 0.717) is 0 Å². The van der Waals surface area contributed by atoms with E-state index < -0.39 is 0 Å². The third-order valence-corrected chi connectivity index (χ3v) is 4.83. The van der Waals surface area contributed by atoms with Gasteiger partial charge in [0.05, 0.1) is 6.04 Å². The Hall–Kier alpha value is -0.830. The van der Waals surface area contributed by atoms with Crippen LogP contribution in [-0.2, 0) is 12.8 Å². The first-order valence-electron chi connectivity index (χ1n) is 7.34. The highest BCUT2D eigenvalue weighted by Crippen LogP contribution is 2.33. The van der Waals surface area contributed by atoms with Crippen LogP contribution in [-0.4, -0.2) is 7.05 Å². The molecule has 21 heavy (non-hydrogen) atoms. The van der Waals surface area contributed by atoms with E-state index in [2.05, 4.69) is 53.3 Å². The molecule has 0 bridgehead atoms. The lowest BCUT2D eigenvalue weighted by Gasteiger charge is -2.22. The molecule has 0 saturated heterocycles. The molecule has 0 fully saturated rings. The van der Waals surface area contributed by atoms with Crippen molar-refractivity contribution in [1.29, 1.82) is 0 Å². The zero-order valence-corrected chi connectivity index (χ0v) is 15.1. The van der Waals surface area contributed by atoms with E-state index in [0.717, 1.165) is 22.3 Å². The summed E-state index contributed by atoms with van der Waals surface area (Å²) < 4.78 is 1.08. The van der Waals surface area contributed by atoms with Crippen LogP contribution in [0.2, 0.25) is 5.02 Å². The molecule has 0 heterocycles. The fourth-order valence-electron chi connectivity index (χ4n) is 2.67. The second kappa shape index (κ2) is 7.44. The van der Waals surface area contributed by atoms with E-state index in [9.17, 15) is 0 Å². The molecule has 0 amide bonds. The molecule has 0 aromatic heterocycles. The third-order valence-electron chi connectivity index (χ3n) is 3.87. The molecular weight excluding hydrogens is 346 g/mol. The number of nitrogens with one attached hydrogen (secondary N) is 1. The standard InChI is InChI=1S/C18H21BrClN/c1-4-12-6-7-13(5-2)15(10-12)18(21-3)16-11-14(20)8-9-17(16)19/h6-11,18,21H,4-5H2,1-3H3. The number of hydrogen-bond acceptors (Lipinski definition) is 1. The minimum absolute atomic E-state index is 0.138. The fourth-order valence-corrected chi connectivity index (χ4v) is 3.33. The summed E-state index contributed by atoms with van der Waals surface area (Å²) in [6.07, 6.45) is 2.07. The van der Waals surface area contributed by atoms with Gasteiger partial charge >= 0.3 is 0 Å². The summed E-state index contributed by atoms with van der Waals surface area (Å²) in [5.41, 5.74) is 5.24. The van der Waals surface area contributed by atoms with E-state index in [1.807, 2.05) is 25.2 Å². The van der Waals surface area contributed by atoms with Gasteiger partial charge in [0.1, 0.15) is 0 Å². The summed E-state index contributed by atoms with van der Waals surface area (Å²) in [5, 5.41) is 4.20. The van der Waals surface area contributed by atoms with Gasteiger partial charge in [-0.1, -0.05) is 59.6 Å². The smallest absolute Gasteiger partial charge is 0.0588 e. The number of benzene rings is 2. The van der Waals surface area contributed by atoms with Crippen LogP contribution in [0, 0.1) is 0 Å². The van der Waals surface area contributed by atoms with Crippen LogP contribution in [0.15, 0.2) is 40.9 Å². The molecule has 0 radical (unpaired) electrons. The van der Waals surface area contributed by atoms with Gasteiger partial charge in [-0.05, 0) is 60.3 Å². The van der Waals surface area contributed by atoms with Crippen LogP contribution in [0.4, 0.5) is 0 Å². The second-order valence-corrected chi connectivity index (χ2v) is 6.42. The lowest BCUT2D eigenvalue weighted by Crippen LogP contribution is -2.20. The van der Waals surface area contributed by atoms with Crippen LogP contribution < -0.4 is 5.32 Å². The predicted octanol–water partition coefficient (Wildman–Crippen LogP) is 5.54. The Morgan fingerprint density at radius 1 is 1.05 bits per heavy atom. The average molecular weight is 367 g/mol. The maximum Gasteiger partial charge on any atom is 0.0588 e. The molecule has 1 unspecified atom stereocenters. The molecule has 0 spiro atoms. The van der Waals surface area contributed by atoms with Crippen molar-refractivity contribution in [1.82, 2.24) is 5.32 Å². The summed E-state index contributed by atoms with van der Waals surface area (Å²) in [6, 6.07) is 12.9. The fraction of sp³-hybridized carbons (Fsp3) is 0.333. The Morgan fingerprint density at radius 2 is 1.81 bits per heavy atom. The molecule has 0 saturated carbocycles. The minimum atomic E-state index is 0.138. The van der Waals surface area contributed by atoms with Crippen molar-refractivity contribution in [3.8, 4) is 0 Å². The SMILES string of the molecule is CCc1ccc(CC)c(C(NC)c2cc(Cl)ccc2Br)c1. The van der Waals surface area contributed by atoms with Crippen molar-refractivity contribution in [3.05, 3.63) is 68.1 Å². The molecule has 3 heteroatoms. The molecule has 112 valence electrons. The molecule has 1 nitrogen and oxygen atoms in total. The topological polar surface area (TPSA) is 12.0 Å². The van der Waals surface area contributed by atoms with Crippen molar-refractivity contribution in [3.63, 3.8) is 0 Å². The molecule has 1 N–H and O–H groups in total. The lowest BCUT2D eigenvalue weighted by molar-refractivity contribution is 0.680. The Morgan fingerprint density at radius 3 is 2.43 bits per heavy atom. The van der Waals surface area contributed by atoms with Crippen LogP contribution in [0.1, 0.15) is 42.1 Å². The van der Waals surface area contributed by atoms with Crippen molar-refractivity contribution >= 4 is 27.5 Å². The Bertz CT molecular complexity index is 625. The van der Waals surface area contributed by atoms with E-state index in [-0.39, 0.29) is 6.04 Å². The Balaban J connectivity index is 2.57. The number of hydrogen-bond donors (Lipinski definition) is 1. The molecular formula is C18H21BrClN. The maximum atomic E-state index is 6.19. The van der Waals surface area contributed by atoms with Gasteiger partial charge in [0.25, 0.3) is 0 Å². The summed E-state index contributed by atoms with van der Waals surface area (Å²) in [7, 11) is 2.00. The van der Waals surface area contributed by atoms with E-state index >= 15 is 0 Å². The molecule has 2 rings (SSSR count). The number of rotatable bonds is 5. The molecule has 2 aromatic carbocycles. The zero-order chi connectivity index (χ0) is 15.4. The highest BCUT2D eigenvalue weighted by atomic mass is 79.9. The molecule has 0 aliphatic carbocycles. The molecule has 2 aromatic rings. The quantitative estimate of drug-likeness (QED) is 0.733. The minimum Gasteiger partial charge on any atom is -0.309 e. The first-order chi connectivity index (χ1) is 10.1. The van der Waals surface area contributed by atoms with Crippen LogP contribution in [0.3, 0.4) is 0 Å². The monoisotopic (exact) mass is 365 g/mol. The predicted molar refractivity (Wildman–Crippen MR) is 95.3 cm³/mol. The first kappa shape index (κ1) is 16.5. The van der Waals surface area contributed by atoms with Crippen molar-refractivity contribution < 1.29 is 0 Å². The van der Waals surface area contributed by atoms with Gasteiger partial charge in [-0.2, -0.15) is 0 Å². The van der Waals surface area contributed by atoms with Gasteiger partial charge in [0.2, 0.25) is 0 Å². The Kier molecular flexibility index (Phi) is 5.86. The Labute approximate surface area is 140 Å². The number of halogens is 2. The summed E-state index contributed by atoms with van der Waals surface area (Å²) in [6.45, 7) is 4.39. The molecule has 1 atom stereocenters. The normalized spacial score (nSPS) is 12.4. The maximum absolute atomic E-state index is 6.19. The van der Waals surface area contributed by atoms with Gasteiger partial charge in [0.15, 0.2) is 0 Å². The van der Waals surface area contributed by atoms with Gasteiger partial charge in [-0.3, -0.25) is 0 Å². The van der Waals surface area contributed by atoms with Crippen LogP contribution >= 0.6 is 27.5 Å². The van der Waals surface area contributed by atoms with Crippen molar-refractivity contribution in [2.75, 3.05) is 7.05 Å². The highest BCUT2D eigenvalue weighted by molar-refractivity contribution is 9.10. The van der Waals surface area contributed by atoms with Gasteiger partial charge in [-0.15, -0.1) is 0 Å². The van der Waals surface area contributed by atoms with Crippen LogP contribution in [0.5, 0.6) is 0 Å². The van der Waals surface area contributed by atoms with E-state index in [4.69, 9.17) is 11.6 Å². The summed E-state index contributed by atoms with van der Waals surface area (Å²) in [4.78, 5) is 0. The molecule has 0 aliphatic rings. The first-order valence-corrected chi connectivity index (χ1v) is 8.51.